The summed E-state index contributed by atoms with van der Waals surface area (Å²) in [5.41, 5.74) is 5.71. The fourth-order valence-corrected chi connectivity index (χ4v) is 0.405. The van der Waals surface area contributed by atoms with Crippen molar-refractivity contribution < 1.29 is 4.79 Å². The van der Waals surface area contributed by atoms with Crippen LogP contribution in [0.2, 0.25) is 0 Å². The molecule has 0 atom stereocenters. The van der Waals surface area contributed by atoms with Crippen LogP contribution in [0.3, 0.4) is 0 Å². The van der Waals surface area contributed by atoms with Gasteiger partial charge in [0.1, 0.15) is 0 Å². The lowest BCUT2D eigenvalue weighted by molar-refractivity contribution is -0.123. The van der Waals surface area contributed by atoms with Gasteiger partial charge in [0, 0.05) is 11.6 Å². The summed E-state index contributed by atoms with van der Waals surface area (Å²) in [5, 5.41) is 2.62. The molecular weight excluding hydrogens is 128 g/mol. The summed E-state index contributed by atoms with van der Waals surface area (Å²) in [6.07, 6.45) is 0. The monoisotopic (exact) mass is 142 g/mol. The summed E-state index contributed by atoms with van der Waals surface area (Å²) in [6.45, 7) is 7.48. The molecule has 0 aromatic carbocycles. The van der Waals surface area contributed by atoms with E-state index in [0.717, 1.165) is 0 Å². The number of carbonyl (C=O) groups is 1. The number of nitrogens with two attached hydrogens (primary N) is 1. The molecule has 0 bridgehead atoms. The molecule has 0 saturated carbocycles. The predicted octanol–water partition coefficient (Wildman–Crippen LogP) is 0.231. The van der Waals surface area contributed by atoms with Gasteiger partial charge in [0.05, 0.1) is 6.54 Å². The highest BCUT2D eigenvalue weighted by molar-refractivity contribution is 5.77. The molecule has 0 rings (SSSR count). The Morgan fingerprint density at radius 3 is 2.50 bits per heavy atom. The molecule has 0 aromatic rings. The Kier molecular flexibility index (Phi) is 3.54. The average Bonchev–Trinajstić information content (AvgIpc) is 1.82. The maximum absolute atomic E-state index is 10.8. The Hall–Kier alpha value is -0.990. The Bertz CT molecular complexity index is 141. The van der Waals surface area contributed by atoms with E-state index in [2.05, 4.69) is 11.9 Å². The van der Waals surface area contributed by atoms with Crippen molar-refractivity contribution >= 4 is 5.91 Å². The zero-order valence-electron chi connectivity index (χ0n) is 6.48. The Morgan fingerprint density at radius 1 is 1.70 bits per heavy atom. The molecule has 3 nitrogen and oxygen atoms in total. The highest BCUT2D eigenvalue weighted by atomic mass is 16.1. The van der Waals surface area contributed by atoms with Crippen LogP contribution >= 0.6 is 0 Å². The largest absolute Gasteiger partial charge is 0.401 e. The molecule has 0 aliphatic rings. The quantitative estimate of drug-likeness (QED) is 0.592. The van der Waals surface area contributed by atoms with E-state index in [1.54, 1.807) is 0 Å². The fraction of sp³-hybridized carbons (Fsp3) is 0.571. The lowest BCUT2D eigenvalue weighted by Crippen LogP contribution is -2.30. The normalized spacial score (nSPS) is 9.50. The lowest BCUT2D eigenvalue weighted by atomic mass is 10.2. The van der Waals surface area contributed by atoms with Crippen LogP contribution in [0.4, 0.5) is 0 Å². The average molecular weight is 142 g/mol. The third-order valence-electron chi connectivity index (χ3n) is 1.01. The number of amides is 1. The van der Waals surface area contributed by atoms with Gasteiger partial charge in [-0.05, 0) is 0 Å². The Balaban J connectivity index is 3.50. The van der Waals surface area contributed by atoms with Crippen LogP contribution < -0.4 is 11.1 Å². The van der Waals surface area contributed by atoms with E-state index in [0.29, 0.717) is 12.2 Å². The smallest absolute Gasteiger partial charge is 0.222 e. The van der Waals surface area contributed by atoms with E-state index < -0.39 is 0 Å². The second kappa shape index (κ2) is 3.93. The van der Waals surface area contributed by atoms with E-state index in [1.165, 1.54) is 0 Å². The van der Waals surface area contributed by atoms with Crippen molar-refractivity contribution in [3.05, 3.63) is 12.3 Å². The van der Waals surface area contributed by atoms with E-state index in [-0.39, 0.29) is 11.8 Å². The predicted molar refractivity (Wildman–Crippen MR) is 41.2 cm³/mol. The van der Waals surface area contributed by atoms with Crippen molar-refractivity contribution in [2.75, 3.05) is 6.54 Å². The molecule has 0 aliphatic carbocycles. The van der Waals surface area contributed by atoms with Crippen LogP contribution in [0, 0.1) is 5.92 Å². The van der Waals surface area contributed by atoms with Crippen LogP contribution in [0.15, 0.2) is 12.3 Å². The minimum absolute atomic E-state index is 0.00611. The van der Waals surface area contributed by atoms with Gasteiger partial charge in [-0.1, -0.05) is 20.4 Å². The number of rotatable bonds is 3. The molecule has 1 amide bonds. The van der Waals surface area contributed by atoms with Crippen molar-refractivity contribution in [2.24, 2.45) is 11.7 Å². The topological polar surface area (TPSA) is 55.1 Å². The molecule has 0 aromatic heterocycles. The third kappa shape index (κ3) is 3.95. The van der Waals surface area contributed by atoms with Gasteiger partial charge in [-0.2, -0.15) is 0 Å². The van der Waals surface area contributed by atoms with Crippen molar-refractivity contribution in [2.45, 2.75) is 13.8 Å². The fourth-order valence-electron chi connectivity index (χ4n) is 0.405. The van der Waals surface area contributed by atoms with Crippen molar-refractivity contribution in [3.63, 3.8) is 0 Å². The SMILES string of the molecule is C=C(N)CNC(=O)C(C)C. The minimum atomic E-state index is 0.00611. The summed E-state index contributed by atoms with van der Waals surface area (Å²) in [4.78, 5) is 10.8. The van der Waals surface area contributed by atoms with Crippen LogP contribution in [0.25, 0.3) is 0 Å². The molecule has 58 valence electrons. The number of hydrogen-bond donors (Lipinski definition) is 2. The van der Waals surface area contributed by atoms with Gasteiger partial charge in [-0.25, -0.2) is 0 Å². The molecule has 3 N–H and O–H groups in total. The highest BCUT2D eigenvalue weighted by Crippen LogP contribution is 1.89. The summed E-state index contributed by atoms with van der Waals surface area (Å²) in [6, 6.07) is 0. The van der Waals surface area contributed by atoms with Crippen LogP contribution in [-0.2, 0) is 4.79 Å². The second-order valence-electron chi connectivity index (χ2n) is 2.53. The van der Waals surface area contributed by atoms with Crippen molar-refractivity contribution in [1.29, 1.82) is 0 Å². The van der Waals surface area contributed by atoms with E-state index in [1.807, 2.05) is 13.8 Å². The van der Waals surface area contributed by atoms with E-state index in [9.17, 15) is 4.79 Å². The van der Waals surface area contributed by atoms with Crippen LogP contribution in [0.1, 0.15) is 13.8 Å². The molecule has 0 fully saturated rings. The van der Waals surface area contributed by atoms with Gasteiger partial charge in [0.2, 0.25) is 5.91 Å². The van der Waals surface area contributed by atoms with Gasteiger partial charge < -0.3 is 11.1 Å². The number of nitrogens with one attached hydrogen (secondary N) is 1. The second-order valence-corrected chi connectivity index (χ2v) is 2.53. The van der Waals surface area contributed by atoms with E-state index in [4.69, 9.17) is 5.73 Å². The third-order valence-corrected chi connectivity index (χ3v) is 1.01. The zero-order valence-corrected chi connectivity index (χ0v) is 6.48. The molecule has 0 heterocycles. The van der Waals surface area contributed by atoms with E-state index >= 15 is 0 Å². The Morgan fingerprint density at radius 2 is 2.20 bits per heavy atom. The first-order valence-electron chi connectivity index (χ1n) is 3.25. The van der Waals surface area contributed by atoms with Gasteiger partial charge >= 0.3 is 0 Å². The maximum atomic E-state index is 10.8. The lowest BCUT2D eigenvalue weighted by Gasteiger charge is -2.05. The maximum Gasteiger partial charge on any atom is 0.222 e. The summed E-state index contributed by atoms with van der Waals surface area (Å²) >= 11 is 0. The number of carbonyl (C=O) groups excluding carboxylic acids is 1. The molecular formula is C7H14N2O. The standard InChI is InChI=1S/C7H14N2O/c1-5(2)7(10)9-4-6(3)8/h5H,3-4,8H2,1-2H3,(H,9,10). The minimum Gasteiger partial charge on any atom is -0.401 e. The van der Waals surface area contributed by atoms with Gasteiger partial charge in [-0.15, -0.1) is 0 Å². The number of hydrogen-bond acceptors (Lipinski definition) is 2. The first-order valence-corrected chi connectivity index (χ1v) is 3.25. The van der Waals surface area contributed by atoms with Gasteiger partial charge in [0.15, 0.2) is 0 Å². The summed E-state index contributed by atoms with van der Waals surface area (Å²) in [5.74, 6) is 0.0194. The van der Waals surface area contributed by atoms with Crippen molar-refractivity contribution in [3.8, 4) is 0 Å². The van der Waals surface area contributed by atoms with Gasteiger partial charge in [-0.3, -0.25) is 4.79 Å². The molecule has 10 heavy (non-hydrogen) atoms. The molecule has 0 saturated heterocycles. The molecule has 3 heteroatoms. The van der Waals surface area contributed by atoms with Gasteiger partial charge in [0.25, 0.3) is 0 Å². The summed E-state index contributed by atoms with van der Waals surface area (Å²) in [7, 11) is 0. The first-order chi connectivity index (χ1) is 4.54. The van der Waals surface area contributed by atoms with Crippen LogP contribution in [-0.4, -0.2) is 12.5 Å². The van der Waals surface area contributed by atoms with Crippen LogP contribution in [0.5, 0.6) is 0 Å². The molecule has 0 unspecified atom stereocenters. The Labute approximate surface area is 61.3 Å². The first kappa shape index (κ1) is 9.01. The molecule has 0 aliphatic heterocycles. The molecule has 0 spiro atoms. The highest BCUT2D eigenvalue weighted by Gasteiger charge is 2.04. The zero-order chi connectivity index (χ0) is 8.15. The van der Waals surface area contributed by atoms with Crippen molar-refractivity contribution in [1.82, 2.24) is 5.32 Å². The molecule has 0 radical (unpaired) electrons. The summed E-state index contributed by atoms with van der Waals surface area (Å²) < 4.78 is 0.